The Hall–Kier alpha value is -1.13. The molecule has 1 unspecified atom stereocenters. The Morgan fingerprint density at radius 3 is 2.67 bits per heavy atom. The highest BCUT2D eigenvalue weighted by atomic mass is 32.2. The summed E-state index contributed by atoms with van der Waals surface area (Å²) in [5.74, 6) is 0.547. The molecule has 78 valence electrons. The number of thiophene rings is 1. The second kappa shape index (κ2) is 4.59. The van der Waals surface area contributed by atoms with E-state index in [1.165, 1.54) is 0 Å². The van der Waals surface area contributed by atoms with E-state index in [9.17, 15) is 4.21 Å². The van der Waals surface area contributed by atoms with Gasteiger partial charge in [0.25, 0.3) is 0 Å². The van der Waals surface area contributed by atoms with Gasteiger partial charge in [-0.3, -0.25) is 4.21 Å². The van der Waals surface area contributed by atoms with Gasteiger partial charge in [0, 0.05) is 10.6 Å². The monoisotopic (exact) mass is 237 g/mol. The molecule has 15 heavy (non-hydrogen) atoms. The third-order valence-electron chi connectivity index (χ3n) is 2.02. The van der Waals surface area contributed by atoms with Crippen LogP contribution in [0.3, 0.4) is 0 Å². The molecular formula is C11H11NOS2. The Morgan fingerprint density at radius 1 is 1.20 bits per heavy atom. The van der Waals surface area contributed by atoms with Crippen LogP contribution in [0.5, 0.6) is 0 Å². The van der Waals surface area contributed by atoms with E-state index in [0.29, 0.717) is 11.4 Å². The first-order chi connectivity index (χ1) is 7.27. The van der Waals surface area contributed by atoms with Gasteiger partial charge in [0.2, 0.25) is 0 Å². The molecule has 0 fully saturated rings. The van der Waals surface area contributed by atoms with E-state index in [-0.39, 0.29) is 0 Å². The van der Waals surface area contributed by atoms with Gasteiger partial charge < -0.3 is 5.73 Å². The number of benzene rings is 1. The van der Waals surface area contributed by atoms with Gasteiger partial charge in [-0.1, -0.05) is 18.2 Å². The van der Waals surface area contributed by atoms with Gasteiger partial charge in [-0.25, -0.2) is 0 Å². The van der Waals surface area contributed by atoms with Crippen molar-refractivity contribution < 1.29 is 4.21 Å². The Morgan fingerprint density at radius 2 is 2.00 bits per heavy atom. The highest BCUT2D eigenvalue weighted by Crippen LogP contribution is 2.20. The van der Waals surface area contributed by atoms with Gasteiger partial charge in [0.15, 0.2) is 0 Å². The molecule has 2 rings (SSSR count). The molecule has 0 aliphatic rings. The predicted octanol–water partition coefficient (Wildman–Crippen LogP) is 2.64. The van der Waals surface area contributed by atoms with Crippen LogP contribution in [0.1, 0.15) is 4.88 Å². The molecule has 1 heterocycles. The summed E-state index contributed by atoms with van der Waals surface area (Å²) in [5.41, 5.74) is 6.36. The first-order valence-corrected chi connectivity index (χ1v) is 6.72. The number of nitrogens with two attached hydrogens (primary N) is 1. The quantitative estimate of drug-likeness (QED) is 0.834. The van der Waals surface area contributed by atoms with Gasteiger partial charge >= 0.3 is 0 Å². The number of rotatable bonds is 3. The van der Waals surface area contributed by atoms with Crippen LogP contribution >= 0.6 is 11.3 Å². The fourth-order valence-corrected chi connectivity index (χ4v) is 3.44. The molecule has 1 aromatic heterocycles. The number of nitrogen functional groups attached to an aromatic ring is 1. The first-order valence-electron chi connectivity index (χ1n) is 4.52. The molecule has 0 aliphatic carbocycles. The molecule has 0 amide bonds. The normalized spacial score (nSPS) is 12.5. The van der Waals surface area contributed by atoms with Crippen LogP contribution in [0.2, 0.25) is 0 Å². The summed E-state index contributed by atoms with van der Waals surface area (Å²) in [5, 5.41) is 1.99. The zero-order chi connectivity index (χ0) is 10.7. The van der Waals surface area contributed by atoms with Gasteiger partial charge in [-0.05, 0) is 23.6 Å². The van der Waals surface area contributed by atoms with Crippen LogP contribution in [-0.2, 0) is 16.6 Å². The van der Waals surface area contributed by atoms with Crippen molar-refractivity contribution >= 4 is 27.8 Å². The molecule has 2 aromatic rings. The summed E-state index contributed by atoms with van der Waals surface area (Å²) in [4.78, 5) is 1.85. The SMILES string of the molecule is Nc1ccccc1S(=O)Cc1cccs1. The fraction of sp³-hybridized carbons (Fsp3) is 0.0909. The molecule has 0 bridgehead atoms. The smallest absolute Gasteiger partial charge is 0.0627 e. The van der Waals surface area contributed by atoms with Crippen LogP contribution in [-0.4, -0.2) is 4.21 Å². The lowest BCUT2D eigenvalue weighted by Crippen LogP contribution is -1.99. The van der Waals surface area contributed by atoms with Crippen LogP contribution < -0.4 is 5.73 Å². The number of anilines is 1. The number of hydrogen-bond acceptors (Lipinski definition) is 3. The average molecular weight is 237 g/mol. The van der Waals surface area contributed by atoms with Crippen LogP contribution in [0, 0.1) is 0 Å². The average Bonchev–Trinajstić information content (AvgIpc) is 2.71. The summed E-state index contributed by atoms with van der Waals surface area (Å²) in [6.45, 7) is 0. The summed E-state index contributed by atoms with van der Waals surface area (Å²) in [6.07, 6.45) is 0. The molecule has 0 spiro atoms. The summed E-state index contributed by atoms with van der Waals surface area (Å²) >= 11 is 1.62. The van der Waals surface area contributed by atoms with Crippen molar-refractivity contribution in [3.63, 3.8) is 0 Å². The molecule has 4 heteroatoms. The van der Waals surface area contributed by atoms with Gasteiger partial charge in [-0.15, -0.1) is 11.3 Å². The maximum Gasteiger partial charge on any atom is 0.0627 e. The van der Waals surface area contributed by atoms with Crippen molar-refractivity contribution in [3.8, 4) is 0 Å². The van der Waals surface area contributed by atoms with Crippen LogP contribution in [0.4, 0.5) is 5.69 Å². The molecule has 2 N–H and O–H groups in total. The summed E-state index contributed by atoms with van der Waals surface area (Å²) in [7, 11) is -1.04. The lowest BCUT2D eigenvalue weighted by atomic mass is 10.3. The molecule has 0 saturated carbocycles. The molecule has 2 nitrogen and oxygen atoms in total. The van der Waals surface area contributed by atoms with E-state index in [0.717, 1.165) is 9.77 Å². The molecule has 0 aliphatic heterocycles. The summed E-state index contributed by atoms with van der Waals surface area (Å²) in [6, 6.07) is 11.3. The van der Waals surface area contributed by atoms with E-state index < -0.39 is 10.8 Å². The largest absolute Gasteiger partial charge is 0.398 e. The first kappa shape index (κ1) is 10.4. The van der Waals surface area contributed by atoms with Crippen molar-refractivity contribution in [2.75, 3.05) is 5.73 Å². The van der Waals surface area contributed by atoms with Crippen molar-refractivity contribution in [1.82, 2.24) is 0 Å². The number of hydrogen-bond donors (Lipinski definition) is 1. The standard InChI is InChI=1S/C11H11NOS2/c12-10-5-1-2-6-11(10)15(13)8-9-4-3-7-14-9/h1-7H,8,12H2. The van der Waals surface area contributed by atoms with E-state index in [1.54, 1.807) is 17.4 Å². The van der Waals surface area contributed by atoms with Crippen molar-refractivity contribution in [1.29, 1.82) is 0 Å². The van der Waals surface area contributed by atoms with E-state index in [1.807, 2.05) is 35.7 Å². The predicted molar refractivity (Wildman–Crippen MR) is 65.3 cm³/mol. The highest BCUT2D eigenvalue weighted by Gasteiger charge is 2.08. The minimum atomic E-state index is -1.04. The Balaban J connectivity index is 2.19. The molecular weight excluding hydrogens is 226 g/mol. The van der Waals surface area contributed by atoms with Crippen LogP contribution in [0.25, 0.3) is 0 Å². The van der Waals surface area contributed by atoms with Crippen LogP contribution in [0.15, 0.2) is 46.7 Å². The molecule has 0 saturated heterocycles. The minimum absolute atomic E-state index is 0.547. The van der Waals surface area contributed by atoms with Crippen molar-refractivity contribution in [2.24, 2.45) is 0 Å². The van der Waals surface area contributed by atoms with Gasteiger partial charge in [0.1, 0.15) is 0 Å². The third-order valence-corrected chi connectivity index (χ3v) is 4.51. The van der Waals surface area contributed by atoms with E-state index >= 15 is 0 Å². The van der Waals surface area contributed by atoms with Gasteiger partial charge in [-0.2, -0.15) is 0 Å². The Kier molecular flexibility index (Phi) is 3.18. The van der Waals surface area contributed by atoms with Crippen molar-refractivity contribution in [3.05, 3.63) is 46.7 Å². The van der Waals surface area contributed by atoms with E-state index in [4.69, 9.17) is 5.73 Å². The second-order valence-corrected chi connectivity index (χ2v) is 5.56. The van der Waals surface area contributed by atoms with E-state index in [2.05, 4.69) is 0 Å². The minimum Gasteiger partial charge on any atom is -0.398 e. The lowest BCUT2D eigenvalue weighted by Gasteiger charge is -2.03. The molecule has 1 atom stereocenters. The fourth-order valence-electron chi connectivity index (χ4n) is 1.29. The summed E-state index contributed by atoms with van der Waals surface area (Å²) < 4.78 is 12.0. The lowest BCUT2D eigenvalue weighted by molar-refractivity contribution is 0.683. The molecule has 1 aromatic carbocycles. The second-order valence-electron chi connectivity index (χ2n) is 3.11. The topological polar surface area (TPSA) is 43.1 Å². The number of para-hydroxylation sites is 1. The zero-order valence-corrected chi connectivity index (χ0v) is 9.68. The maximum absolute atomic E-state index is 12.0. The third kappa shape index (κ3) is 2.46. The van der Waals surface area contributed by atoms with Gasteiger partial charge in [0.05, 0.1) is 21.4 Å². The Labute approximate surface area is 95.2 Å². The maximum atomic E-state index is 12.0. The van der Waals surface area contributed by atoms with Crippen molar-refractivity contribution in [2.45, 2.75) is 10.6 Å². The molecule has 0 radical (unpaired) electrons. The highest BCUT2D eigenvalue weighted by molar-refractivity contribution is 7.84. The Bertz CT molecular complexity index is 465. The zero-order valence-electron chi connectivity index (χ0n) is 8.05.